The van der Waals surface area contributed by atoms with Gasteiger partial charge >= 0.3 is 0 Å². The molecule has 0 saturated heterocycles. The number of fused-ring (bicyclic) bond motifs is 9. The van der Waals surface area contributed by atoms with Crippen LogP contribution in [0.4, 0.5) is 0 Å². The number of ketones is 6. The average molecular weight is 1490 g/mol. The zero-order chi connectivity index (χ0) is 62.3. The maximum absolute atomic E-state index is 12.5. The van der Waals surface area contributed by atoms with Gasteiger partial charge < -0.3 is 45.0 Å². The van der Waals surface area contributed by atoms with E-state index in [-0.39, 0.29) is 125 Å². The van der Waals surface area contributed by atoms with Crippen molar-refractivity contribution in [1.82, 2.24) is 25.3 Å². The fourth-order valence-corrected chi connectivity index (χ4v) is 14.1. The van der Waals surface area contributed by atoms with E-state index in [4.69, 9.17) is 27.8 Å². The van der Waals surface area contributed by atoms with Gasteiger partial charge in [-0.05, 0) is 171 Å². The Morgan fingerprint density at radius 2 is 0.755 bits per heavy atom. The normalized spacial score (nSPS) is 18.9. The van der Waals surface area contributed by atoms with Gasteiger partial charge in [0.25, 0.3) is 0 Å². The summed E-state index contributed by atoms with van der Waals surface area (Å²) in [6.45, 7) is 5.98. The number of likely N-dealkylation sites (N-methyl/N-ethyl adjacent to an activating group) is 2. The average Bonchev–Trinajstić information content (AvgIpc) is 1.55. The van der Waals surface area contributed by atoms with Crippen molar-refractivity contribution in [3.63, 3.8) is 0 Å². The molecule has 5 saturated carbocycles. The second-order valence-electron chi connectivity index (χ2n) is 25.4. The second kappa shape index (κ2) is 33.7. The molecular formula is C74H86Cl2N5O12W-. The molecule has 3 atom stereocenters. The van der Waals surface area contributed by atoms with Crippen molar-refractivity contribution in [3.8, 4) is 17.2 Å². The van der Waals surface area contributed by atoms with Crippen molar-refractivity contribution >= 4 is 125 Å². The third-order valence-electron chi connectivity index (χ3n) is 19.3. The largest absolute Gasteiger partial charge is 0.494 e. The number of aromatic nitrogens is 3. The minimum Gasteiger partial charge on any atom is -0.494 e. The summed E-state index contributed by atoms with van der Waals surface area (Å²) < 4.78 is 34.5. The first kappa shape index (κ1) is 72.9. The molecule has 6 aromatic carbocycles. The molecule has 0 N–H and O–H groups in total. The number of halogens is 2. The van der Waals surface area contributed by atoms with Gasteiger partial charge in [0.2, 0.25) is 0 Å². The van der Waals surface area contributed by atoms with E-state index in [1.54, 1.807) is 0 Å². The Labute approximate surface area is 575 Å². The summed E-state index contributed by atoms with van der Waals surface area (Å²) in [6, 6.07) is 31.0. The van der Waals surface area contributed by atoms with Gasteiger partial charge in [-0.3, -0.25) is 28.8 Å². The van der Waals surface area contributed by atoms with Gasteiger partial charge in [0.1, 0.15) is 82.2 Å². The minimum atomic E-state index is -0.370. The Balaban J connectivity index is 0.000000178. The van der Waals surface area contributed by atoms with Gasteiger partial charge in [-0.15, -0.1) is 24.8 Å². The fraction of sp³-hybridized carbons (Fsp3) is 0.459. The zero-order valence-electron chi connectivity index (χ0n) is 54.3. The van der Waals surface area contributed by atoms with Crippen molar-refractivity contribution in [3.05, 3.63) is 116 Å². The number of hydrogen-bond donors (Lipinski definition) is 0. The number of nitrogens with zero attached hydrogens (tertiary/aromatic N) is 5. The topological polar surface area (TPSA) is 215 Å². The van der Waals surface area contributed by atoms with E-state index in [0.717, 1.165) is 91.7 Å². The number of carbonyl (C=O) groups is 6. The number of rotatable bonds is 17. The van der Waals surface area contributed by atoms with Crippen LogP contribution in [0, 0.1) is 7.43 Å². The van der Waals surface area contributed by atoms with Gasteiger partial charge in [0.05, 0.1) is 59.8 Å². The molecule has 17 nitrogen and oxygen atoms in total. The molecule has 0 bridgehead atoms. The second-order valence-corrected chi connectivity index (χ2v) is 25.4. The van der Waals surface area contributed by atoms with Crippen LogP contribution in [-0.2, 0) is 49.8 Å². The first-order valence-electron chi connectivity index (χ1n) is 32.8. The summed E-state index contributed by atoms with van der Waals surface area (Å²) in [5.41, 5.74) is 3.97. The van der Waals surface area contributed by atoms with Crippen molar-refractivity contribution in [2.75, 3.05) is 47.0 Å². The van der Waals surface area contributed by atoms with E-state index in [1.165, 1.54) is 64.2 Å². The summed E-state index contributed by atoms with van der Waals surface area (Å²) >= 11 is 0. The Morgan fingerprint density at radius 3 is 1.06 bits per heavy atom. The first-order valence-corrected chi connectivity index (χ1v) is 32.8. The molecule has 500 valence electrons. The van der Waals surface area contributed by atoms with E-state index >= 15 is 0 Å². The monoisotopic (exact) mass is 1490 g/mol. The Morgan fingerprint density at radius 1 is 0.436 bits per heavy atom. The van der Waals surface area contributed by atoms with Crippen LogP contribution in [0.1, 0.15) is 177 Å². The third kappa shape index (κ3) is 16.7. The van der Waals surface area contributed by atoms with Gasteiger partial charge in [0.15, 0.2) is 16.7 Å². The van der Waals surface area contributed by atoms with E-state index in [0.29, 0.717) is 104 Å². The zero-order valence-corrected chi connectivity index (χ0v) is 58.9. The van der Waals surface area contributed by atoms with Crippen molar-refractivity contribution < 1.29 is 77.6 Å². The summed E-state index contributed by atoms with van der Waals surface area (Å²) in [7, 11) is 4.40. The van der Waals surface area contributed by atoms with E-state index in [1.807, 2.05) is 91.0 Å². The summed E-state index contributed by atoms with van der Waals surface area (Å²) in [5.74, 6) is 1.27. The molecule has 3 heterocycles. The number of ether oxygens (including phenoxy) is 3. The molecule has 20 heteroatoms. The fourth-order valence-electron chi connectivity index (χ4n) is 14.1. The van der Waals surface area contributed by atoms with Crippen molar-refractivity contribution in [2.45, 2.75) is 172 Å². The maximum Gasteiger partial charge on any atom is 0.167 e. The molecule has 9 aromatic rings. The summed E-state index contributed by atoms with van der Waals surface area (Å²) in [6.07, 6.45) is 18.1. The van der Waals surface area contributed by atoms with E-state index in [9.17, 15) is 28.8 Å². The molecule has 94 heavy (non-hydrogen) atoms. The van der Waals surface area contributed by atoms with Gasteiger partial charge in [0, 0.05) is 65.5 Å². The number of Topliss-reactive ketones (excluding diaryl/α,β-unsaturated/α-hetero) is 6. The molecule has 0 spiro atoms. The van der Waals surface area contributed by atoms with Crippen molar-refractivity contribution in [2.24, 2.45) is 0 Å². The van der Waals surface area contributed by atoms with E-state index < -0.39 is 0 Å². The van der Waals surface area contributed by atoms with Crippen LogP contribution in [0.25, 0.3) is 65.2 Å². The van der Waals surface area contributed by atoms with Crippen LogP contribution in [0.5, 0.6) is 17.2 Å². The number of unbranched alkanes of at least 4 members (excludes halogenated alkanes) is 1. The quantitative estimate of drug-likeness (QED) is 0.0471. The van der Waals surface area contributed by atoms with Crippen LogP contribution in [-0.4, -0.2) is 119 Å². The molecule has 3 unspecified atom stereocenters. The molecule has 14 rings (SSSR count). The molecule has 0 radical (unpaired) electrons. The number of hydrogen-bond acceptors (Lipinski definition) is 17. The summed E-state index contributed by atoms with van der Waals surface area (Å²) in [5, 5.41) is 21.3. The van der Waals surface area contributed by atoms with Crippen LogP contribution in [0.2, 0.25) is 0 Å². The Hall–Kier alpha value is -6.88. The molecule has 0 amide bonds. The Bertz CT molecular complexity index is 3950. The Kier molecular flexibility index (Phi) is 26.1. The molecular weight excluding hydrogens is 1410 g/mol. The number of carbonyl (C=O) groups excluding carboxylic acids is 6. The van der Waals surface area contributed by atoms with Crippen LogP contribution < -0.4 is 14.2 Å². The van der Waals surface area contributed by atoms with Gasteiger partial charge in [-0.1, -0.05) is 85.5 Å². The molecule has 0 aliphatic heterocycles. The first-order chi connectivity index (χ1) is 43.9. The maximum atomic E-state index is 12.5. The number of benzene rings is 6. The predicted octanol–water partition coefficient (Wildman–Crippen LogP) is 15.9. The standard InChI is InChI=1S/2C26H30N2O4.C21H21NO4.CH3.2ClH.W/c2*1-28(18-5-3-2-4-6-18)13-14-31-20-9-11-21-17(15-20)7-12-24-25(21)26(27-32-24)22-10-8-19(29)16-23(22)30;1-2-3-10-25-15-6-8-16-13(11-15)4-9-19-20(16)21(22-26-19)17-7-5-14(23)12-18(17)24;;;;/h2*7,9,11-12,15,18,22H,2-6,8,10,13-14,16H2,1H3;4,6,8-9,11,17H,2-3,5,7,10,12H2,1H3;1H3;2*1H;/q;;;-1;;;. The minimum absolute atomic E-state index is 0. The van der Waals surface area contributed by atoms with E-state index in [2.05, 4.69) is 46.3 Å². The van der Waals surface area contributed by atoms with Gasteiger partial charge in [-0.25, -0.2) is 0 Å². The molecule has 3 aromatic heterocycles. The molecule has 5 aliphatic carbocycles. The van der Waals surface area contributed by atoms with Crippen molar-refractivity contribution in [1.29, 1.82) is 0 Å². The predicted molar refractivity (Wildman–Crippen MR) is 366 cm³/mol. The van der Waals surface area contributed by atoms with Gasteiger partial charge in [-0.2, -0.15) is 0 Å². The van der Waals surface area contributed by atoms with Crippen LogP contribution in [0.15, 0.2) is 105 Å². The SMILES string of the molecule is CCCCOc1ccc2c(ccc3onc(C4CCC(=O)CC4=O)c32)c1.CN(CCOc1ccc2c(ccc3onc(C4CCC(=O)CC4=O)c32)c1)C1CCCCC1.CN(CCOc1ccc2c(ccc3onc(C4CCC(=O)CC4=O)c32)c1)C1CCCCC1.Cl.Cl.[CH3-].[W]. The smallest absolute Gasteiger partial charge is 0.167 e. The molecule has 5 aliphatic rings. The summed E-state index contributed by atoms with van der Waals surface area (Å²) in [4.78, 5) is 77.0. The molecule has 5 fully saturated rings. The van der Waals surface area contributed by atoms with Crippen LogP contribution >= 0.6 is 24.8 Å². The van der Waals surface area contributed by atoms with Crippen LogP contribution in [0.3, 0.4) is 0 Å². The third-order valence-corrected chi connectivity index (χ3v) is 19.3.